The van der Waals surface area contributed by atoms with E-state index in [0.717, 1.165) is 110 Å². The minimum atomic E-state index is -0.0228. The van der Waals surface area contributed by atoms with Gasteiger partial charge in [0.1, 0.15) is 0 Å². The summed E-state index contributed by atoms with van der Waals surface area (Å²) in [5.74, 6) is 1.45. The number of unbranched alkanes of at least 4 members (excludes halogenated alkanes) is 22. The molecule has 63 heavy (non-hydrogen) atoms. The quantitative estimate of drug-likeness (QED) is 0.0447. The molecular weight excluding hydrogens is 781 g/mol. The Bertz CT molecular complexity index is 950. The van der Waals surface area contributed by atoms with Gasteiger partial charge < -0.3 is 19.3 Å². The topological polar surface area (TPSA) is 76.2 Å². The summed E-state index contributed by atoms with van der Waals surface area (Å²) < 4.78 is 11.6. The SMILES string of the molecule is CCCCCCCCCN(CCCN(C)C)C(=O)C(CCCCCCCC(=O)OCC(CCCC)CCCCCC)CCCCCCCC(=O)OCC(CCCC)CCCCCC. The fourth-order valence-corrected chi connectivity index (χ4v) is 9.09. The zero-order valence-electron chi connectivity index (χ0n) is 43.6. The molecule has 0 aromatic rings. The molecule has 0 saturated carbocycles. The standard InChI is InChI=1S/C56H110N2O5/c1-8-13-18-21-22-29-36-47-58(48-37-46-57(6)7)56(61)53(42-32-25-23-27-34-44-54(59)62-49-51(38-16-11-4)40-30-19-14-9-2)43-33-26-24-28-35-45-55(60)63-50-52(39-17-12-5)41-31-20-15-10-3/h51-53H,8-50H2,1-7H3. The molecule has 0 N–H and O–H groups in total. The van der Waals surface area contributed by atoms with Crippen LogP contribution in [-0.2, 0) is 23.9 Å². The van der Waals surface area contributed by atoms with Crippen LogP contribution in [0.2, 0.25) is 0 Å². The van der Waals surface area contributed by atoms with Crippen molar-refractivity contribution in [2.45, 2.75) is 279 Å². The van der Waals surface area contributed by atoms with Crippen LogP contribution in [0.3, 0.4) is 0 Å². The second kappa shape index (κ2) is 46.9. The van der Waals surface area contributed by atoms with Crippen molar-refractivity contribution in [3.63, 3.8) is 0 Å². The van der Waals surface area contributed by atoms with Crippen LogP contribution in [0.1, 0.15) is 279 Å². The van der Waals surface area contributed by atoms with Gasteiger partial charge in [0, 0.05) is 31.8 Å². The Morgan fingerprint density at radius 3 is 1.13 bits per heavy atom. The van der Waals surface area contributed by atoms with Crippen molar-refractivity contribution < 1.29 is 23.9 Å². The van der Waals surface area contributed by atoms with Gasteiger partial charge in [-0.15, -0.1) is 0 Å². The summed E-state index contributed by atoms with van der Waals surface area (Å²) in [6.07, 6.45) is 43.0. The van der Waals surface area contributed by atoms with Crippen LogP contribution >= 0.6 is 0 Å². The predicted molar refractivity (Wildman–Crippen MR) is 271 cm³/mol. The van der Waals surface area contributed by atoms with E-state index in [4.69, 9.17) is 9.47 Å². The zero-order chi connectivity index (χ0) is 46.4. The molecule has 7 heteroatoms. The molecule has 0 aliphatic heterocycles. The molecule has 0 aromatic carbocycles. The van der Waals surface area contributed by atoms with Crippen LogP contribution < -0.4 is 0 Å². The number of hydrogen-bond acceptors (Lipinski definition) is 6. The molecule has 0 bridgehead atoms. The number of carbonyl (C=O) groups excluding carboxylic acids is 3. The van der Waals surface area contributed by atoms with Crippen molar-refractivity contribution in [1.82, 2.24) is 9.80 Å². The number of hydrogen-bond donors (Lipinski definition) is 0. The number of ether oxygens (including phenoxy) is 2. The maximum absolute atomic E-state index is 14.3. The second-order valence-electron chi connectivity index (χ2n) is 20.0. The first-order valence-corrected chi connectivity index (χ1v) is 28.0. The van der Waals surface area contributed by atoms with Gasteiger partial charge in [0.25, 0.3) is 0 Å². The Morgan fingerprint density at radius 2 is 0.698 bits per heavy atom. The van der Waals surface area contributed by atoms with E-state index in [9.17, 15) is 14.4 Å². The zero-order valence-corrected chi connectivity index (χ0v) is 43.6. The third-order valence-corrected chi connectivity index (χ3v) is 13.4. The van der Waals surface area contributed by atoms with E-state index in [1.54, 1.807) is 0 Å². The molecule has 7 nitrogen and oxygen atoms in total. The lowest BCUT2D eigenvalue weighted by Gasteiger charge is -2.28. The van der Waals surface area contributed by atoms with Crippen molar-refractivity contribution in [2.75, 3.05) is 46.9 Å². The summed E-state index contributed by atoms with van der Waals surface area (Å²) in [7, 11) is 4.25. The Hall–Kier alpha value is -1.63. The molecule has 0 spiro atoms. The lowest BCUT2D eigenvalue weighted by molar-refractivity contribution is -0.146. The fraction of sp³-hybridized carbons (Fsp3) is 0.946. The third-order valence-electron chi connectivity index (χ3n) is 13.4. The molecule has 1 amide bonds. The number of esters is 2. The lowest BCUT2D eigenvalue weighted by Crippen LogP contribution is -2.38. The van der Waals surface area contributed by atoms with Crippen LogP contribution in [0.25, 0.3) is 0 Å². The highest BCUT2D eigenvalue weighted by molar-refractivity contribution is 5.78. The lowest BCUT2D eigenvalue weighted by atomic mass is 9.92. The molecule has 0 fully saturated rings. The van der Waals surface area contributed by atoms with Crippen molar-refractivity contribution in [2.24, 2.45) is 17.8 Å². The average molecular weight is 892 g/mol. The van der Waals surface area contributed by atoms with E-state index in [1.165, 1.54) is 141 Å². The summed E-state index contributed by atoms with van der Waals surface area (Å²) >= 11 is 0. The molecule has 0 aliphatic rings. The third kappa shape index (κ3) is 40.4. The van der Waals surface area contributed by atoms with Gasteiger partial charge in [-0.3, -0.25) is 14.4 Å². The van der Waals surface area contributed by atoms with E-state index in [-0.39, 0.29) is 17.9 Å². The van der Waals surface area contributed by atoms with E-state index in [0.29, 0.717) is 43.8 Å². The minimum Gasteiger partial charge on any atom is -0.465 e. The first kappa shape index (κ1) is 61.4. The summed E-state index contributed by atoms with van der Waals surface area (Å²) in [5, 5.41) is 0. The van der Waals surface area contributed by atoms with Gasteiger partial charge in [-0.25, -0.2) is 0 Å². The highest BCUT2D eigenvalue weighted by Crippen LogP contribution is 2.24. The Labute approximate surface area is 393 Å². The van der Waals surface area contributed by atoms with E-state index in [1.807, 2.05) is 0 Å². The number of nitrogens with zero attached hydrogens (tertiary/aromatic N) is 2. The van der Waals surface area contributed by atoms with Crippen LogP contribution in [0.15, 0.2) is 0 Å². The average Bonchev–Trinajstić information content (AvgIpc) is 3.27. The monoisotopic (exact) mass is 891 g/mol. The van der Waals surface area contributed by atoms with E-state index >= 15 is 0 Å². The molecular formula is C56H110N2O5. The Kier molecular flexibility index (Phi) is 45.7. The van der Waals surface area contributed by atoms with E-state index in [2.05, 4.69) is 58.5 Å². The maximum atomic E-state index is 14.3. The summed E-state index contributed by atoms with van der Waals surface area (Å²) in [4.78, 5) is 44.0. The minimum absolute atomic E-state index is 0.0228. The van der Waals surface area contributed by atoms with Gasteiger partial charge in [-0.1, -0.05) is 202 Å². The van der Waals surface area contributed by atoms with Crippen LogP contribution in [0.4, 0.5) is 0 Å². The van der Waals surface area contributed by atoms with Gasteiger partial charge in [0.15, 0.2) is 0 Å². The molecule has 0 rings (SSSR count). The molecule has 0 aliphatic carbocycles. The van der Waals surface area contributed by atoms with Crippen molar-refractivity contribution in [1.29, 1.82) is 0 Å². The molecule has 0 aromatic heterocycles. The highest BCUT2D eigenvalue weighted by atomic mass is 16.5. The van der Waals surface area contributed by atoms with Gasteiger partial charge in [-0.2, -0.15) is 0 Å². The van der Waals surface area contributed by atoms with Gasteiger partial charge in [0.05, 0.1) is 13.2 Å². The number of amides is 1. The highest BCUT2D eigenvalue weighted by Gasteiger charge is 2.24. The molecule has 0 saturated heterocycles. The smallest absolute Gasteiger partial charge is 0.305 e. The summed E-state index contributed by atoms with van der Waals surface area (Å²) in [6, 6.07) is 0. The Balaban J connectivity index is 5.04. The molecule has 0 radical (unpaired) electrons. The first-order valence-electron chi connectivity index (χ1n) is 28.0. The maximum Gasteiger partial charge on any atom is 0.305 e. The van der Waals surface area contributed by atoms with Crippen molar-refractivity contribution >= 4 is 17.8 Å². The van der Waals surface area contributed by atoms with Crippen LogP contribution in [0, 0.1) is 17.8 Å². The number of carbonyl (C=O) groups is 3. The first-order chi connectivity index (χ1) is 30.7. The summed E-state index contributed by atoms with van der Waals surface area (Å²) in [5.41, 5.74) is 0. The van der Waals surface area contributed by atoms with Crippen LogP contribution in [-0.4, -0.2) is 74.6 Å². The molecule has 2 unspecified atom stereocenters. The van der Waals surface area contributed by atoms with Crippen molar-refractivity contribution in [3.05, 3.63) is 0 Å². The summed E-state index contributed by atoms with van der Waals surface area (Å²) in [6.45, 7) is 15.2. The van der Waals surface area contributed by atoms with Crippen LogP contribution in [0.5, 0.6) is 0 Å². The predicted octanol–water partition coefficient (Wildman–Crippen LogP) is 16.2. The van der Waals surface area contributed by atoms with Gasteiger partial charge >= 0.3 is 11.9 Å². The molecule has 0 heterocycles. The van der Waals surface area contributed by atoms with Gasteiger partial charge in [0.2, 0.25) is 5.91 Å². The normalized spacial score (nSPS) is 13.0. The molecule has 374 valence electrons. The fourth-order valence-electron chi connectivity index (χ4n) is 9.09. The largest absolute Gasteiger partial charge is 0.465 e. The van der Waals surface area contributed by atoms with E-state index < -0.39 is 0 Å². The van der Waals surface area contributed by atoms with Crippen molar-refractivity contribution in [3.8, 4) is 0 Å². The Morgan fingerprint density at radius 1 is 0.365 bits per heavy atom. The van der Waals surface area contributed by atoms with Gasteiger partial charge in [-0.05, 0) is 96.7 Å². The number of rotatable bonds is 49. The second-order valence-corrected chi connectivity index (χ2v) is 20.0. The molecule has 2 atom stereocenters.